The first kappa shape index (κ1) is 15.3. The Morgan fingerprint density at radius 1 is 0.963 bits per heavy atom. The third kappa shape index (κ3) is 2.70. The summed E-state index contributed by atoms with van der Waals surface area (Å²) in [7, 11) is 0. The molecule has 3 heteroatoms. The average Bonchev–Trinajstić information content (AvgIpc) is 3.03. The molecular weight excluding hydrogens is 353 g/mol. The molecule has 0 aliphatic rings. The molecule has 0 radical (unpaired) electrons. The molecule has 0 aliphatic carbocycles. The predicted molar refractivity (Wildman–Crippen MR) is 114 cm³/mol. The molecule has 0 spiro atoms. The molecule has 2 aromatic heterocycles. The Labute approximate surface area is 162 Å². The highest BCUT2D eigenvalue weighted by Gasteiger charge is 2.13. The highest BCUT2D eigenvalue weighted by Crippen LogP contribution is 2.41. The van der Waals surface area contributed by atoms with Crippen LogP contribution in [0.1, 0.15) is 26.7 Å². The fourth-order valence-corrected chi connectivity index (χ4v) is 4.86. The number of hydrogen-bond donors (Lipinski definition) is 0. The lowest BCUT2D eigenvalue weighted by molar-refractivity contribution is 0.630. The number of thiophene rings is 1. The Morgan fingerprint density at radius 3 is 2.70 bits per heavy atom. The van der Waals surface area contributed by atoms with Gasteiger partial charge in [-0.3, -0.25) is 4.98 Å². The molecule has 3 aromatic carbocycles. The number of hydrogen-bond acceptors (Lipinski definition) is 2. The van der Waals surface area contributed by atoms with Gasteiger partial charge in [-0.25, -0.2) is 4.39 Å². The summed E-state index contributed by atoms with van der Waals surface area (Å²) < 4.78 is 24.3. The minimum atomic E-state index is -0.673. The van der Waals surface area contributed by atoms with Crippen molar-refractivity contribution in [2.24, 2.45) is 0 Å². The van der Waals surface area contributed by atoms with Crippen LogP contribution in [0.5, 0.6) is 0 Å². The molecule has 27 heavy (non-hydrogen) atoms. The van der Waals surface area contributed by atoms with Crippen LogP contribution in [0.2, 0.25) is 0 Å². The molecule has 0 N–H and O–H groups in total. The van der Waals surface area contributed by atoms with E-state index in [2.05, 4.69) is 35.3 Å². The Hall–Kier alpha value is -2.78. The molecule has 0 aliphatic heterocycles. The number of halogens is 1. The topological polar surface area (TPSA) is 12.9 Å². The molecule has 0 saturated carbocycles. The van der Waals surface area contributed by atoms with Crippen molar-refractivity contribution in [3.05, 3.63) is 78.2 Å². The Morgan fingerprint density at radius 2 is 1.85 bits per heavy atom. The lowest BCUT2D eigenvalue weighted by Gasteiger charge is -2.08. The summed E-state index contributed by atoms with van der Waals surface area (Å²) in [6.07, 6.45) is 1.78. The van der Waals surface area contributed by atoms with Crippen LogP contribution in [0, 0.1) is 5.82 Å². The van der Waals surface area contributed by atoms with E-state index in [9.17, 15) is 4.39 Å². The van der Waals surface area contributed by atoms with Gasteiger partial charge < -0.3 is 0 Å². The first-order valence-corrected chi connectivity index (χ1v) is 9.73. The molecule has 2 heterocycles. The maximum absolute atomic E-state index is 13.6. The van der Waals surface area contributed by atoms with Crippen LogP contribution in [0.3, 0.4) is 0 Å². The number of nitrogens with zero attached hydrogens (tertiary/aromatic N) is 1. The van der Waals surface area contributed by atoms with E-state index in [1.807, 2.05) is 32.0 Å². The van der Waals surface area contributed by atoms with E-state index >= 15 is 0 Å². The number of pyridine rings is 1. The van der Waals surface area contributed by atoms with Gasteiger partial charge in [-0.15, -0.1) is 11.3 Å². The smallest absolute Gasteiger partial charge is 0.123 e. The van der Waals surface area contributed by atoms with Crippen molar-refractivity contribution >= 4 is 42.3 Å². The van der Waals surface area contributed by atoms with Gasteiger partial charge in [0.05, 0.1) is 5.69 Å². The van der Waals surface area contributed by atoms with Gasteiger partial charge in [0, 0.05) is 33.3 Å². The second-order valence-corrected chi connectivity index (χ2v) is 8.11. The lowest BCUT2D eigenvalue weighted by Crippen LogP contribution is -1.90. The van der Waals surface area contributed by atoms with Gasteiger partial charge in [0.25, 0.3) is 0 Å². The average molecular weight is 372 g/mol. The van der Waals surface area contributed by atoms with Crippen LogP contribution in [0.25, 0.3) is 42.2 Å². The Balaban J connectivity index is 1.79. The van der Waals surface area contributed by atoms with Gasteiger partial charge >= 0.3 is 0 Å². The zero-order valence-corrected chi connectivity index (χ0v) is 15.9. The quantitative estimate of drug-likeness (QED) is 0.312. The summed E-state index contributed by atoms with van der Waals surface area (Å²) in [5.74, 6) is -0.888. The minimum absolute atomic E-state index is 0.215. The van der Waals surface area contributed by atoms with Gasteiger partial charge in [-0.1, -0.05) is 38.1 Å². The standard InChI is InChI=1S/C24H18FNS/c1-14(2)15-8-9-26-22(12-15)20-5-3-4-19-21-11-16-6-7-18(25)10-17(16)13-23(21)27-24(19)20/h3-14H,1-2H3/i14D. The number of benzene rings is 3. The van der Waals surface area contributed by atoms with Gasteiger partial charge in [-0.2, -0.15) is 0 Å². The lowest BCUT2D eigenvalue weighted by atomic mass is 10.0. The Kier molecular flexibility index (Phi) is 3.48. The number of aromatic nitrogens is 1. The van der Waals surface area contributed by atoms with Crippen molar-refractivity contribution in [3.63, 3.8) is 0 Å². The largest absolute Gasteiger partial charge is 0.256 e. The van der Waals surface area contributed by atoms with E-state index < -0.39 is 5.89 Å². The van der Waals surface area contributed by atoms with Crippen molar-refractivity contribution in [1.29, 1.82) is 0 Å². The van der Waals surface area contributed by atoms with Gasteiger partial charge in [0.15, 0.2) is 0 Å². The van der Waals surface area contributed by atoms with E-state index in [1.165, 1.54) is 21.5 Å². The van der Waals surface area contributed by atoms with Crippen molar-refractivity contribution in [3.8, 4) is 11.3 Å². The predicted octanol–water partition coefficient (Wildman–Crippen LogP) is 7.53. The summed E-state index contributed by atoms with van der Waals surface area (Å²) in [5, 5.41) is 4.31. The molecule has 5 rings (SSSR count). The van der Waals surface area contributed by atoms with Crippen molar-refractivity contribution in [2.75, 3.05) is 0 Å². The summed E-state index contributed by atoms with van der Waals surface area (Å²) in [6, 6.07) is 19.3. The zero-order chi connectivity index (χ0) is 19.5. The van der Waals surface area contributed by atoms with Crippen LogP contribution in [0.15, 0.2) is 66.9 Å². The summed E-state index contributed by atoms with van der Waals surface area (Å²) in [5.41, 5.74) is 2.89. The Bertz CT molecular complexity index is 1360. The van der Waals surface area contributed by atoms with E-state index in [4.69, 9.17) is 1.37 Å². The van der Waals surface area contributed by atoms with Crippen LogP contribution < -0.4 is 0 Å². The van der Waals surface area contributed by atoms with Crippen molar-refractivity contribution in [1.82, 2.24) is 4.98 Å². The zero-order valence-electron chi connectivity index (χ0n) is 16.1. The SMILES string of the molecule is [2H]C(C)(C)c1ccnc(-c2cccc3c2sc2cc4cc(F)ccc4cc23)c1. The summed E-state index contributed by atoms with van der Waals surface area (Å²) >= 11 is 1.71. The van der Waals surface area contributed by atoms with Crippen LogP contribution in [-0.4, -0.2) is 4.98 Å². The molecular formula is C24H18FNS. The summed E-state index contributed by atoms with van der Waals surface area (Å²) in [6.45, 7) is 3.77. The fraction of sp³-hybridized carbons (Fsp3) is 0.125. The normalized spacial score (nSPS) is 12.8. The molecule has 0 fully saturated rings. The van der Waals surface area contributed by atoms with Gasteiger partial charge in [0.2, 0.25) is 0 Å². The maximum atomic E-state index is 13.6. The molecule has 1 nitrogen and oxygen atoms in total. The molecule has 132 valence electrons. The maximum Gasteiger partial charge on any atom is 0.123 e. The fourth-order valence-electron chi connectivity index (χ4n) is 3.60. The molecule has 0 unspecified atom stereocenters. The molecule has 0 bridgehead atoms. The third-order valence-electron chi connectivity index (χ3n) is 5.03. The number of rotatable bonds is 2. The van der Waals surface area contributed by atoms with Gasteiger partial charge in [0.1, 0.15) is 5.82 Å². The van der Waals surface area contributed by atoms with E-state index in [0.29, 0.717) is 0 Å². The molecule has 0 atom stereocenters. The molecule has 5 aromatic rings. The monoisotopic (exact) mass is 372 g/mol. The van der Waals surface area contributed by atoms with Gasteiger partial charge in [-0.05, 0) is 58.6 Å². The van der Waals surface area contributed by atoms with E-state index in [1.54, 1.807) is 23.6 Å². The van der Waals surface area contributed by atoms with Crippen LogP contribution >= 0.6 is 11.3 Å². The van der Waals surface area contributed by atoms with E-state index in [-0.39, 0.29) is 5.82 Å². The van der Waals surface area contributed by atoms with Crippen molar-refractivity contribution < 1.29 is 5.76 Å². The van der Waals surface area contributed by atoms with Crippen LogP contribution in [0.4, 0.5) is 4.39 Å². The first-order chi connectivity index (χ1) is 13.4. The summed E-state index contributed by atoms with van der Waals surface area (Å²) in [4.78, 5) is 4.58. The van der Waals surface area contributed by atoms with Crippen molar-refractivity contribution in [2.45, 2.75) is 19.7 Å². The molecule has 0 amide bonds. The first-order valence-electron chi connectivity index (χ1n) is 9.42. The highest BCUT2D eigenvalue weighted by atomic mass is 32.1. The van der Waals surface area contributed by atoms with E-state index in [0.717, 1.165) is 32.3 Å². The molecule has 0 saturated heterocycles. The minimum Gasteiger partial charge on any atom is -0.256 e. The van der Waals surface area contributed by atoms with Crippen LogP contribution in [-0.2, 0) is 0 Å². The number of fused-ring (bicyclic) bond motifs is 4. The second kappa shape index (κ2) is 6.14. The highest BCUT2D eigenvalue weighted by molar-refractivity contribution is 7.26. The third-order valence-corrected chi connectivity index (χ3v) is 6.23. The second-order valence-electron chi connectivity index (χ2n) is 7.05.